The highest BCUT2D eigenvalue weighted by molar-refractivity contribution is 7.98. The molecule has 0 atom stereocenters. The molecule has 3 nitrogen and oxygen atoms in total. The van der Waals surface area contributed by atoms with Gasteiger partial charge in [-0.3, -0.25) is 0 Å². The number of nitriles is 1. The van der Waals surface area contributed by atoms with Gasteiger partial charge >= 0.3 is 0 Å². The SMILES string of the molecule is CSc1cccc(N(C)CCOC(C)C)c1C#N. The van der Waals surface area contributed by atoms with Crippen LogP contribution in [-0.4, -0.2) is 32.6 Å². The molecule has 0 saturated heterocycles. The number of benzene rings is 1. The summed E-state index contributed by atoms with van der Waals surface area (Å²) in [6.45, 7) is 5.50. The molecule has 0 aliphatic heterocycles. The molecule has 0 radical (unpaired) electrons. The van der Waals surface area contributed by atoms with Gasteiger partial charge in [0, 0.05) is 18.5 Å². The Hall–Kier alpha value is -1.18. The quantitative estimate of drug-likeness (QED) is 0.740. The van der Waals surface area contributed by atoms with Gasteiger partial charge in [0.2, 0.25) is 0 Å². The Morgan fingerprint density at radius 2 is 2.17 bits per heavy atom. The molecule has 0 spiro atoms. The van der Waals surface area contributed by atoms with E-state index in [0.717, 1.165) is 22.7 Å². The summed E-state index contributed by atoms with van der Waals surface area (Å²) in [4.78, 5) is 3.09. The maximum absolute atomic E-state index is 9.27. The number of likely N-dealkylation sites (N-methyl/N-ethyl adjacent to an activating group) is 1. The minimum Gasteiger partial charge on any atom is -0.377 e. The summed E-state index contributed by atoms with van der Waals surface area (Å²) in [6.07, 6.45) is 2.23. The highest BCUT2D eigenvalue weighted by Gasteiger charge is 2.11. The number of anilines is 1. The molecular weight excluding hydrogens is 244 g/mol. The molecule has 0 bridgehead atoms. The summed E-state index contributed by atoms with van der Waals surface area (Å²) in [7, 11) is 1.99. The summed E-state index contributed by atoms with van der Waals surface area (Å²) in [5.41, 5.74) is 1.72. The van der Waals surface area contributed by atoms with Crippen molar-refractivity contribution in [3.05, 3.63) is 23.8 Å². The molecule has 18 heavy (non-hydrogen) atoms. The Kier molecular flexibility index (Phi) is 6.03. The molecule has 0 N–H and O–H groups in total. The minimum absolute atomic E-state index is 0.242. The maximum atomic E-state index is 9.27. The van der Waals surface area contributed by atoms with E-state index in [1.807, 2.05) is 45.4 Å². The number of thioether (sulfide) groups is 1. The van der Waals surface area contributed by atoms with Crippen LogP contribution in [0, 0.1) is 11.3 Å². The lowest BCUT2D eigenvalue weighted by Crippen LogP contribution is -2.24. The third-order valence-corrected chi connectivity index (χ3v) is 3.41. The molecule has 1 aromatic carbocycles. The van der Waals surface area contributed by atoms with Crippen LogP contribution in [0.1, 0.15) is 19.4 Å². The van der Waals surface area contributed by atoms with Crippen molar-refractivity contribution in [3.8, 4) is 6.07 Å². The van der Waals surface area contributed by atoms with Crippen molar-refractivity contribution >= 4 is 17.4 Å². The second kappa shape index (κ2) is 7.30. The molecule has 0 heterocycles. The van der Waals surface area contributed by atoms with E-state index in [2.05, 4.69) is 11.0 Å². The molecular formula is C14H20N2OS. The van der Waals surface area contributed by atoms with E-state index < -0.39 is 0 Å². The van der Waals surface area contributed by atoms with Gasteiger partial charge in [0.1, 0.15) is 6.07 Å². The normalized spacial score (nSPS) is 10.4. The topological polar surface area (TPSA) is 36.3 Å². The first-order valence-corrected chi connectivity index (χ1v) is 7.22. The van der Waals surface area contributed by atoms with Gasteiger partial charge in [-0.15, -0.1) is 11.8 Å². The molecule has 4 heteroatoms. The van der Waals surface area contributed by atoms with Crippen molar-refractivity contribution in [2.75, 3.05) is 31.4 Å². The van der Waals surface area contributed by atoms with Gasteiger partial charge in [0.15, 0.2) is 0 Å². The fourth-order valence-corrected chi connectivity index (χ4v) is 2.23. The van der Waals surface area contributed by atoms with E-state index in [-0.39, 0.29) is 6.10 Å². The second-order valence-corrected chi connectivity index (χ2v) is 5.16. The summed E-state index contributed by atoms with van der Waals surface area (Å²) < 4.78 is 5.53. The molecule has 0 fully saturated rings. The second-order valence-electron chi connectivity index (χ2n) is 4.31. The van der Waals surface area contributed by atoms with E-state index in [0.29, 0.717) is 6.61 Å². The van der Waals surface area contributed by atoms with E-state index in [4.69, 9.17) is 4.74 Å². The number of rotatable bonds is 6. The van der Waals surface area contributed by atoms with Gasteiger partial charge in [0.05, 0.1) is 24.0 Å². The fourth-order valence-electron chi connectivity index (χ4n) is 1.67. The largest absolute Gasteiger partial charge is 0.377 e. The van der Waals surface area contributed by atoms with Crippen molar-refractivity contribution in [3.63, 3.8) is 0 Å². The molecule has 1 rings (SSSR count). The van der Waals surface area contributed by atoms with E-state index in [1.165, 1.54) is 0 Å². The smallest absolute Gasteiger partial charge is 0.102 e. The van der Waals surface area contributed by atoms with Crippen molar-refractivity contribution < 1.29 is 4.74 Å². The molecule has 0 aromatic heterocycles. The van der Waals surface area contributed by atoms with E-state index in [1.54, 1.807) is 11.8 Å². The molecule has 0 saturated carbocycles. The molecule has 0 aliphatic carbocycles. The highest BCUT2D eigenvalue weighted by Crippen LogP contribution is 2.28. The van der Waals surface area contributed by atoms with E-state index in [9.17, 15) is 5.26 Å². The Labute approximate surface area is 114 Å². The Bertz CT molecular complexity index is 426. The van der Waals surface area contributed by atoms with Gasteiger partial charge in [-0.1, -0.05) is 6.07 Å². The van der Waals surface area contributed by atoms with Gasteiger partial charge in [-0.25, -0.2) is 0 Å². The fraction of sp³-hybridized carbons (Fsp3) is 0.500. The monoisotopic (exact) mass is 264 g/mol. The first-order valence-electron chi connectivity index (χ1n) is 6.00. The summed E-state index contributed by atoms with van der Waals surface area (Å²) in [5.74, 6) is 0. The standard InChI is InChI=1S/C14H20N2OS/c1-11(2)17-9-8-16(3)13-6-5-7-14(18-4)12(13)10-15/h5-7,11H,8-9H2,1-4H3. The number of hydrogen-bond donors (Lipinski definition) is 0. The van der Waals surface area contributed by atoms with E-state index >= 15 is 0 Å². The van der Waals surface area contributed by atoms with Crippen molar-refractivity contribution in [1.29, 1.82) is 5.26 Å². The van der Waals surface area contributed by atoms with Crippen LogP contribution in [0.3, 0.4) is 0 Å². The van der Waals surface area contributed by atoms with Crippen LogP contribution in [0.5, 0.6) is 0 Å². The molecule has 0 unspecified atom stereocenters. The minimum atomic E-state index is 0.242. The summed E-state index contributed by atoms with van der Waals surface area (Å²) >= 11 is 1.60. The van der Waals surface area contributed by atoms with Crippen LogP contribution >= 0.6 is 11.8 Å². The summed E-state index contributed by atoms with van der Waals surface area (Å²) in [6, 6.07) is 8.24. The maximum Gasteiger partial charge on any atom is 0.102 e. The first-order chi connectivity index (χ1) is 8.60. The van der Waals surface area contributed by atoms with Gasteiger partial charge < -0.3 is 9.64 Å². The lowest BCUT2D eigenvalue weighted by molar-refractivity contribution is 0.0846. The van der Waals surface area contributed by atoms with Crippen molar-refractivity contribution in [2.45, 2.75) is 24.8 Å². The lowest BCUT2D eigenvalue weighted by Gasteiger charge is -2.22. The zero-order valence-electron chi connectivity index (χ0n) is 11.4. The van der Waals surface area contributed by atoms with Gasteiger partial charge in [-0.05, 0) is 32.2 Å². The Balaban J connectivity index is 2.79. The average molecular weight is 264 g/mol. The average Bonchev–Trinajstić information content (AvgIpc) is 2.36. The third kappa shape index (κ3) is 3.94. The van der Waals surface area contributed by atoms with Crippen LogP contribution in [0.15, 0.2) is 23.1 Å². The molecule has 0 aliphatic rings. The highest BCUT2D eigenvalue weighted by atomic mass is 32.2. The van der Waals surface area contributed by atoms with Crippen LogP contribution in [-0.2, 0) is 4.74 Å². The third-order valence-electron chi connectivity index (χ3n) is 2.63. The molecule has 1 aromatic rings. The zero-order chi connectivity index (χ0) is 13.5. The van der Waals surface area contributed by atoms with Crippen LogP contribution in [0.2, 0.25) is 0 Å². The van der Waals surface area contributed by atoms with Crippen molar-refractivity contribution in [2.24, 2.45) is 0 Å². The first kappa shape index (κ1) is 14.9. The predicted octanol–water partition coefficient (Wildman–Crippen LogP) is 3.14. The van der Waals surface area contributed by atoms with Crippen LogP contribution in [0.4, 0.5) is 5.69 Å². The summed E-state index contributed by atoms with van der Waals surface area (Å²) in [5, 5.41) is 9.27. The molecule has 0 amide bonds. The van der Waals surface area contributed by atoms with Crippen LogP contribution < -0.4 is 4.90 Å². The zero-order valence-corrected chi connectivity index (χ0v) is 12.3. The Morgan fingerprint density at radius 1 is 1.44 bits per heavy atom. The lowest BCUT2D eigenvalue weighted by atomic mass is 10.2. The number of nitrogens with zero attached hydrogens (tertiary/aromatic N) is 2. The van der Waals surface area contributed by atoms with Gasteiger partial charge in [0.25, 0.3) is 0 Å². The number of hydrogen-bond acceptors (Lipinski definition) is 4. The van der Waals surface area contributed by atoms with Gasteiger partial charge in [-0.2, -0.15) is 5.26 Å². The predicted molar refractivity (Wildman–Crippen MR) is 77.3 cm³/mol. The number of ether oxygens (including phenoxy) is 1. The Morgan fingerprint density at radius 3 is 2.72 bits per heavy atom. The van der Waals surface area contributed by atoms with Crippen LogP contribution in [0.25, 0.3) is 0 Å². The van der Waals surface area contributed by atoms with Crippen molar-refractivity contribution in [1.82, 2.24) is 0 Å². The molecule has 98 valence electrons.